The second-order valence-electron chi connectivity index (χ2n) is 4.53. The molecule has 2 aromatic rings. The van der Waals surface area contributed by atoms with Crippen LogP contribution in [-0.4, -0.2) is 6.21 Å². The highest BCUT2D eigenvalue weighted by Gasteiger charge is 1.96. The summed E-state index contributed by atoms with van der Waals surface area (Å²) >= 11 is 0. The highest BCUT2D eigenvalue weighted by molar-refractivity contribution is 5.79. The van der Waals surface area contributed by atoms with E-state index in [2.05, 4.69) is 43.3 Å². The Morgan fingerprint density at radius 1 is 1.11 bits per heavy atom. The third-order valence-electron chi connectivity index (χ3n) is 3.12. The van der Waals surface area contributed by atoms with Crippen molar-refractivity contribution in [3.8, 4) is 0 Å². The zero-order valence-corrected chi connectivity index (χ0v) is 11.5. The van der Waals surface area contributed by atoms with Crippen LogP contribution in [0.1, 0.15) is 29.2 Å². The van der Waals surface area contributed by atoms with Gasteiger partial charge in [-0.25, -0.2) is 0 Å². The molecule has 0 radical (unpaired) electrons. The third-order valence-corrected chi connectivity index (χ3v) is 3.12. The molecule has 0 fully saturated rings. The van der Waals surface area contributed by atoms with Crippen LogP contribution in [0, 0.1) is 6.92 Å². The first kappa shape index (κ1) is 13.3. The average molecular weight is 253 g/mol. The minimum absolute atomic E-state index is 0.511. The van der Waals surface area contributed by atoms with Crippen molar-refractivity contribution in [1.29, 1.82) is 0 Å². The van der Waals surface area contributed by atoms with Crippen molar-refractivity contribution in [3.05, 3.63) is 70.8 Å². The molecule has 0 aliphatic heterocycles. The summed E-state index contributed by atoms with van der Waals surface area (Å²) in [5, 5.41) is 4.03. The monoisotopic (exact) mass is 253 g/mol. The summed E-state index contributed by atoms with van der Waals surface area (Å²) in [6.07, 6.45) is 2.79. The maximum atomic E-state index is 5.35. The van der Waals surface area contributed by atoms with Crippen molar-refractivity contribution in [2.24, 2.45) is 5.16 Å². The fourth-order valence-corrected chi connectivity index (χ4v) is 1.87. The minimum atomic E-state index is 0.511. The predicted molar refractivity (Wildman–Crippen MR) is 79.4 cm³/mol. The van der Waals surface area contributed by atoms with Gasteiger partial charge in [0, 0.05) is 0 Å². The first-order valence-corrected chi connectivity index (χ1v) is 6.58. The van der Waals surface area contributed by atoms with Crippen LogP contribution in [0.2, 0.25) is 0 Å². The maximum Gasteiger partial charge on any atom is 0.142 e. The second-order valence-corrected chi connectivity index (χ2v) is 4.53. The normalized spacial score (nSPS) is 10.8. The first-order chi connectivity index (χ1) is 9.29. The van der Waals surface area contributed by atoms with E-state index in [0.29, 0.717) is 6.61 Å². The van der Waals surface area contributed by atoms with E-state index in [1.165, 1.54) is 16.7 Å². The second kappa shape index (κ2) is 6.74. The highest BCUT2D eigenvalue weighted by Crippen LogP contribution is 2.08. The van der Waals surface area contributed by atoms with Gasteiger partial charge in [-0.3, -0.25) is 0 Å². The lowest BCUT2D eigenvalue weighted by Gasteiger charge is -2.03. The summed E-state index contributed by atoms with van der Waals surface area (Å²) in [6, 6.07) is 16.5. The molecule has 0 saturated heterocycles. The van der Waals surface area contributed by atoms with E-state index in [4.69, 9.17) is 4.84 Å². The number of hydrogen-bond acceptors (Lipinski definition) is 2. The molecule has 0 aromatic heterocycles. The number of oxime groups is 1. The topological polar surface area (TPSA) is 21.6 Å². The van der Waals surface area contributed by atoms with Gasteiger partial charge in [0.25, 0.3) is 0 Å². The molecule has 0 N–H and O–H groups in total. The lowest BCUT2D eigenvalue weighted by atomic mass is 10.1. The molecular formula is C17H19NO. The zero-order valence-electron chi connectivity index (χ0n) is 11.5. The molecule has 2 nitrogen and oxygen atoms in total. The Bertz CT molecular complexity index is 561. The number of hydrogen-bond donors (Lipinski definition) is 0. The van der Waals surface area contributed by atoms with Crippen LogP contribution in [0.15, 0.2) is 53.7 Å². The fraction of sp³-hybridized carbons (Fsp3) is 0.235. The molecule has 0 amide bonds. The molecule has 0 aliphatic rings. The lowest BCUT2D eigenvalue weighted by Crippen LogP contribution is -1.91. The fourth-order valence-electron chi connectivity index (χ4n) is 1.87. The Morgan fingerprint density at radius 2 is 1.95 bits per heavy atom. The Hall–Kier alpha value is -2.09. The van der Waals surface area contributed by atoms with Crippen molar-refractivity contribution < 1.29 is 4.84 Å². The van der Waals surface area contributed by atoms with E-state index in [0.717, 1.165) is 12.0 Å². The summed E-state index contributed by atoms with van der Waals surface area (Å²) in [4.78, 5) is 5.35. The van der Waals surface area contributed by atoms with E-state index >= 15 is 0 Å². The van der Waals surface area contributed by atoms with Gasteiger partial charge in [-0.05, 0) is 35.6 Å². The average Bonchev–Trinajstić information content (AvgIpc) is 2.45. The first-order valence-electron chi connectivity index (χ1n) is 6.58. The Balaban J connectivity index is 1.91. The number of benzene rings is 2. The molecule has 0 atom stereocenters. The van der Waals surface area contributed by atoms with Crippen LogP contribution >= 0.6 is 0 Å². The van der Waals surface area contributed by atoms with E-state index in [1.807, 2.05) is 24.3 Å². The SMILES string of the molecule is CCc1cccc(C=NOCc2ccccc2C)c1. The van der Waals surface area contributed by atoms with Gasteiger partial charge in [-0.1, -0.05) is 60.6 Å². The predicted octanol–water partition coefficient (Wildman–Crippen LogP) is 4.11. The minimum Gasteiger partial charge on any atom is -0.391 e. The summed E-state index contributed by atoms with van der Waals surface area (Å²) in [6.45, 7) is 4.73. The van der Waals surface area contributed by atoms with E-state index in [1.54, 1.807) is 6.21 Å². The quantitative estimate of drug-likeness (QED) is 0.580. The van der Waals surface area contributed by atoms with Gasteiger partial charge in [-0.15, -0.1) is 0 Å². The molecule has 19 heavy (non-hydrogen) atoms. The van der Waals surface area contributed by atoms with Gasteiger partial charge in [0.15, 0.2) is 0 Å². The number of nitrogens with zero attached hydrogens (tertiary/aromatic N) is 1. The Kier molecular flexibility index (Phi) is 4.73. The van der Waals surface area contributed by atoms with Crippen molar-refractivity contribution in [3.63, 3.8) is 0 Å². The molecular weight excluding hydrogens is 234 g/mol. The Morgan fingerprint density at radius 3 is 2.74 bits per heavy atom. The standard InChI is InChI=1S/C17H19NO/c1-3-15-8-6-9-16(11-15)12-18-19-13-17-10-5-4-7-14(17)2/h4-12H,3,13H2,1-2H3. The number of rotatable bonds is 5. The molecule has 0 saturated carbocycles. The molecule has 0 spiro atoms. The molecule has 0 aliphatic carbocycles. The van der Waals surface area contributed by atoms with Crippen LogP contribution in [0.3, 0.4) is 0 Å². The lowest BCUT2D eigenvalue weighted by molar-refractivity contribution is 0.131. The Labute approximate surface area is 114 Å². The van der Waals surface area contributed by atoms with Crippen LogP contribution in [0.25, 0.3) is 0 Å². The summed E-state index contributed by atoms with van der Waals surface area (Å²) in [7, 11) is 0. The van der Waals surface area contributed by atoms with Gasteiger partial charge in [0.1, 0.15) is 6.61 Å². The van der Waals surface area contributed by atoms with Crippen molar-refractivity contribution in [2.75, 3.05) is 0 Å². The van der Waals surface area contributed by atoms with Gasteiger partial charge >= 0.3 is 0 Å². The largest absolute Gasteiger partial charge is 0.391 e. The van der Waals surface area contributed by atoms with Crippen LogP contribution in [0.4, 0.5) is 0 Å². The van der Waals surface area contributed by atoms with Crippen LogP contribution in [0.5, 0.6) is 0 Å². The van der Waals surface area contributed by atoms with Crippen molar-refractivity contribution in [2.45, 2.75) is 26.9 Å². The molecule has 98 valence electrons. The van der Waals surface area contributed by atoms with E-state index < -0.39 is 0 Å². The zero-order chi connectivity index (χ0) is 13.5. The number of aryl methyl sites for hydroxylation is 2. The highest BCUT2D eigenvalue weighted by atomic mass is 16.6. The van der Waals surface area contributed by atoms with Crippen LogP contribution < -0.4 is 0 Å². The summed E-state index contributed by atoms with van der Waals surface area (Å²) < 4.78 is 0. The van der Waals surface area contributed by atoms with E-state index in [-0.39, 0.29) is 0 Å². The third kappa shape index (κ3) is 3.95. The smallest absolute Gasteiger partial charge is 0.142 e. The van der Waals surface area contributed by atoms with Gasteiger partial charge in [-0.2, -0.15) is 0 Å². The summed E-state index contributed by atoms with van der Waals surface area (Å²) in [5.41, 5.74) is 4.78. The summed E-state index contributed by atoms with van der Waals surface area (Å²) in [5.74, 6) is 0. The van der Waals surface area contributed by atoms with Gasteiger partial charge in [0.05, 0.1) is 6.21 Å². The van der Waals surface area contributed by atoms with Gasteiger partial charge < -0.3 is 4.84 Å². The van der Waals surface area contributed by atoms with Gasteiger partial charge in [0.2, 0.25) is 0 Å². The van der Waals surface area contributed by atoms with Crippen molar-refractivity contribution in [1.82, 2.24) is 0 Å². The molecule has 2 rings (SSSR count). The van der Waals surface area contributed by atoms with E-state index in [9.17, 15) is 0 Å². The van der Waals surface area contributed by atoms with Crippen LogP contribution in [-0.2, 0) is 17.9 Å². The molecule has 2 heteroatoms. The maximum absolute atomic E-state index is 5.35. The molecule has 0 bridgehead atoms. The molecule has 0 heterocycles. The molecule has 0 unspecified atom stereocenters. The molecule has 2 aromatic carbocycles. The van der Waals surface area contributed by atoms with Crippen molar-refractivity contribution >= 4 is 6.21 Å².